The molecule has 39 heavy (non-hydrogen) atoms. The van der Waals surface area contributed by atoms with Crippen molar-refractivity contribution in [2.45, 2.75) is 39.7 Å². The first-order valence-electron chi connectivity index (χ1n) is 13.0. The van der Waals surface area contributed by atoms with Gasteiger partial charge in [-0.25, -0.2) is 4.98 Å². The van der Waals surface area contributed by atoms with Crippen molar-refractivity contribution in [3.05, 3.63) is 117 Å². The van der Waals surface area contributed by atoms with Crippen molar-refractivity contribution < 1.29 is 9.90 Å². The summed E-state index contributed by atoms with van der Waals surface area (Å²) in [6.07, 6.45) is 2.13. The lowest BCUT2D eigenvalue weighted by Gasteiger charge is -2.21. The third kappa shape index (κ3) is 3.87. The molecular weight excluding hydrogens is 486 g/mol. The Morgan fingerprint density at radius 2 is 1.74 bits per heavy atom. The zero-order valence-electron chi connectivity index (χ0n) is 22.4. The van der Waals surface area contributed by atoms with Gasteiger partial charge in [0.1, 0.15) is 6.33 Å². The van der Waals surface area contributed by atoms with Crippen LogP contribution in [0.4, 0.5) is 0 Å². The van der Waals surface area contributed by atoms with Gasteiger partial charge in [-0.05, 0) is 108 Å². The molecule has 0 bridgehead atoms. The number of primary amides is 1. The van der Waals surface area contributed by atoms with Crippen molar-refractivity contribution in [3.8, 4) is 27.9 Å². The molecule has 3 N–H and O–H groups in total. The second kappa shape index (κ2) is 8.75. The van der Waals surface area contributed by atoms with E-state index < -0.39 is 11.5 Å². The number of hydrogen-bond donors (Lipinski definition) is 2. The minimum Gasteiger partial charge on any atom is -0.386 e. The number of para-hydroxylation sites is 1. The number of nitrogens with zero attached hydrogens (tertiary/aromatic N) is 2. The largest absolute Gasteiger partial charge is 0.386 e. The molecule has 194 valence electrons. The molecule has 0 spiro atoms. The highest BCUT2D eigenvalue weighted by molar-refractivity contribution is 6.03. The first-order valence-corrected chi connectivity index (χ1v) is 13.0. The number of benzene rings is 4. The number of rotatable bonds is 4. The van der Waals surface area contributed by atoms with Gasteiger partial charge in [-0.3, -0.25) is 14.2 Å². The van der Waals surface area contributed by atoms with E-state index in [-0.39, 0.29) is 5.56 Å². The number of nitrogens with two attached hydrogens (primary N) is 1. The summed E-state index contributed by atoms with van der Waals surface area (Å²) in [6, 6.07) is 21.1. The number of amides is 1. The van der Waals surface area contributed by atoms with Crippen molar-refractivity contribution in [1.82, 2.24) is 9.55 Å². The lowest BCUT2D eigenvalue weighted by atomic mass is 9.85. The number of fused-ring (bicyclic) bond motifs is 4. The number of aliphatic hydroxyl groups is 1. The zero-order valence-corrected chi connectivity index (χ0v) is 22.4. The summed E-state index contributed by atoms with van der Waals surface area (Å²) in [5.74, 6) is -0.462. The SMILES string of the molecule is Cc1cc(C(N)=O)c2c(c1-c1cccc(-n3cnc4ccccc4c3=O)c1C)-c1ccc(C(C)(C)O)cc1C2. The van der Waals surface area contributed by atoms with Crippen molar-refractivity contribution in [3.63, 3.8) is 0 Å². The van der Waals surface area contributed by atoms with Crippen LogP contribution in [-0.4, -0.2) is 20.6 Å². The Labute approximate surface area is 226 Å². The van der Waals surface area contributed by atoms with Gasteiger partial charge in [0.2, 0.25) is 5.91 Å². The fourth-order valence-corrected chi connectivity index (χ4v) is 5.86. The highest BCUT2D eigenvalue weighted by Gasteiger charge is 2.30. The fraction of sp³-hybridized carbons (Fsp3) is 0.182. The van der Waals surface area contributed by atoms with Gasteiger partial charge in [-0.2, -0.15) is 0 Å². The maximum absolute atomic E-state index is 13.4. The fourth-order valence-electron chi connectivity index (χ4n) is 5.86. The number of aromatic nitrogens is 2. The normalized spacial score (nSPS) is 12.4. The maximum atomic E-state index is 13.4. The van der Waals surface area contributed by atoms with E-state index in [1.54, 1.807) is 30.8 Å². The van der Waals surface area contributed by atoms with Gasteiger partial charge in [0, 0.05) is 5.56 Å². The van der Waals surface area contributed by atoms with Gasteiger partial charge in [0.25, 0.3) is 5.56 Å². The second-order valence-corrected chi connectivity index (χ2v) is 10.8. The van der Waals surface area contributed by atoms with Crippen LogP contribution in [0.1, 0.15) is 52.0 Å². The van der Waals surface area contributed by atoms with Gasteiger partial charge >= 0.3 is 0 Å². The number of aryl methyl sites for hydroxylation is 1. The van der Waals surface area contributed by atoms with Crippen LogP contribution in [0.5, 0.6) is 0 Å². The Hall–Kier alpha value is -4.55. The molecule has 5 aromatic rings. The average molecular weight is 516 g/mol. The monoisotopic (exact) mass is 515 g/mol. The van der Waals surface area contributed by atoms with Crippen LogP contribution in [0.15, 0.2) is 77.9 Å². The van der Waals surface area contributed by atoms with Gasteiger partial charge in [0.15, 0.2) is 0 Å². The molecule has 0 saturated carbocycles. The Bertz CT molecular complexity index is 1890. The average Bonchev–Trinajstić information content (AvgIpc) is 3.27. The standard InChI is InChI=1S/C33H29N3O3/c1-18-14-26(31(34)37)25-16-20-15-21(33(3,4)39)12-13-23(20)30(25)29(18)22-9-7-11-28(19(22)2)36-17-35-27-10-6-5-8-24(27)32(36)38/h5-15,17,39H,16H2,1-4H3,(H2,34,37). The molecule has 0 fully saturated rings. The minimum atomic E-state index is -0.985. The van der Waals surface area contributed by atoms with E-state index >= 15 is 0 Å². The Morgan fingerprint density at radius 3 is 2.49 bits per heavy atom. The predicted octanol–water partition coefficient (Wildman–Crippen LogP) is 5.57. The summed E-state index contributed by atoms with van der Waals surface area (Å²) in [4.78, 5) is 30.5. The van der Waals surface area contributed by atoms with E-state index in [1.807, 2.05) is 74.5 Å². The molecule has 0 radical (unpaired) electrons. The lowest BCUT2D eigenvalue weighted by molar-refractivity contribution is 0.0785. The smallest absolute Gasteiger partial charge is 0.265 e. The van der Waals surface area contributed by atoms with E-state index in [1.165, 1.54) is 0 Å². The highest BCUT2D eigenvalue weighted by atomic mass is 16.3. The molecule has 0 aliphatic heterocycles. The van der Waals surface area contributed by atoms with Gasteiger partial charge < -0.3 is 10.8 Å². The van der Waals surface area contributed by atoms with E-state index in [2.05, 4.69) is 4.98 Å². The van der Waals surface area contributed by atoms with E-state index in [4.69, 9.17) is 5.73 Å². The Kier molecular flexibility index (Phi) is 5.56. The molecule has 1 heterocycles. The number of hydrogen-bond acceptors (Lipinski definition) is 4. The highest BCUT2D eigenvalue weighted by Crippen LogP contribution is 2.48. The van der Waals surface area contributed by atoms with E-state index in [0.29, 0.717) is 22.9 Å². The summed E-state index contributed by atoms with van der Waals surface area (Å²) in [5, 5.41) is 11.2. The molecule has 1 aromatic heterocycles. The first kappa shape index (κ1) is 24.8. The maximum Gasteiger partial charge on any atom is 0.265 e. The molecular formula is C33H29N3O3. The van der Waals surface area contributed by atoms with Crippen LogP contribution in [0.2, 0.25) is 0 Å². The summed E-state index contributed by atoms with van der Waals surface area (Å²) < 4.78 is 1.60. The van der Waals surface area contributed by atoms with Crippen LogP contribution in [0.25, 0.3) is 38.8 Å². The second-order valence-electron chi connectivity index (χ2n) is 10.8. The topological polar surface area (TPSA) is 98.2 Å². The van der Waals surface area contributed by atoms with E-state index in [9.17, 15) is 14.7 Å². The summed E-state index contributed by atoms with van der Waals surface area (Å²) in [6.45, 7) is 7.52. The van der Waals surface area contributed by atoms with Crippen LogP contribution < -0.4 is 11.3 Å². The summed E-state index contributed by atoms with van der Waals surface area (Å²) in [7, 11) is 0. The van der Waals surface area contributed by atoms with Gasteiger partial charge in [-0.15, -0.1) is 0 Å². The summed E-state index contributed by atoms with van der Waals surface area (Å²) in [5.41, 5.74) is 15.2. The molecule has 0 atom stereocenters. The van der Waals surface area contributed by atoms with Crippen LogP contribution in [-0.2, 0) is 12.0 Å². The van der Waals surface area contributed by atoms with E-state index in [0.717, 1.165) is 55.8 Å². The number of carbonyl (C=O) groups is 1. The third-order valence-corrected chi connectivity index (χ3v) is 7.85. The third-order valence-electron chi connectivity index (χ3n) is 7.85. The quantitative estimate of drug-likeness (QED) is 0.321. The molecule has 1 amide bonds. The van der Waals surface area contributed by atoms with Gasteiger partial charge in [-0.1, -0.05) is 42.5 Å². The Balaban J connectivity index is 1.61. The van der Waals surface area contributed by atoms with Crippen LogP contribution >= 0.6 is 0 Å². The zero-order chi connectivity index (χ0) is 27.6. The Morgan fingerprint density at radius 1 is 0.974 bits per heavy atom. The van der Waals surface area contributed by atoms with Gasteiger partial charge in [0.05, 0.1) is 22.2 Å². The predicted molar refractivity (Wildman–Crippen MR) is 154 cm³/mol. The molecule has 1 aliphatic rings. The number of carbonyl (C=O) groups excluding carboxylic acids is 1. The van der Waals surface area contributed by atoms with Crippen molar-refractivity contribution in [2.75, 3.05) is 0 Å². The molecule has 6 rings (SSSR count). The molecule has 1 aliphatic carbocycles. The molecule has 6 heteroatoms. The molecule has 4 aromatic carbocycles. The first-order chi connectivity index (χ1) is 18.6. The summed E-state index contributed by atoms with van der Waals surface area (Å²) >= 11 is 0. The molecule has 0 saturated heterocycles. The molecule has 6 nitrogen and oxygen atoms in total. The van der Waals surface area contributed by atoms with Crippen LogP contribution in [0.3, 0.4) is 0 Å². The van der Waals surface area contributed by atoms with Crippen molar-refractivity contribution in [2.24, 2.45) is 5.73 Å². The van der Waals surface area contributed by atoms with Crippen molar-refractivity contribution >= 4 is 16.8 Å². The molecule has 0 unspecified atom stereocenters. The minimum absolute atomic E-state index is 0.128. The van der Waals surface area contributed by atoms with Crippen LogP contribution in [0, 0.1) is 13.8 Å². The van der Waals surface area contributed by atoms with Crippen molar-refractivity contribution in [1.29, 1.82) is 0 Å². The lowest BCUT2D eigenvalue weighted by Crippen LogP contribution is -2.19.